The van der Waals surface area contributed by atoms with E-state index >= 15 is 0 Å². The van der Waals surface area contributed by atoms with Crippen molar-refractivity contribution in [2.45, 2.75) is 0 Å². The van der Waals surface area contributed by atoms with Crippen molar-refractivity contribution in [2.24, 2.45) is 5.73 Å². The summed E-state index contributed by atoms with van der Waals surface area (Å²) in [4.78, 5) is 3.65. The molecule has 0 bridgehead atoms. The topological polar surface area (TPSA) is 111 Å². The molecule has 15 heavy (non-hydrogen) atoms. The summed E-state index contributed by atoms with van der Waals surface area (Å²) >= 11 is 0. The summed E-state index contributed by atoms with van der Waals surface area (Å²) in [6.45, 7) is 2.90. The Kier molecular flexibility index (Phi) is 3.89. The minimum Gasteiger partial charge on any atom is -0.370 e. The molecule has 0 aliphatic carbocycles. The maximum atomic E-state index is 10.5. The number of rotatable bonds is 3. The Morgan fingerprint density at radius 2 is 1.87 bits per heavy atom. The molecule has 0 amide bonds. The SMILES string of the molecule is N=C(N)N1CCN(CCS(=O)(=O)O)CC1. The van der Waals surface area contributed by atoms with Gasteiger partial charge in [-0.25, -0.2) is 0 Å². The van der Waals surface area contributed by atoms with E-state index in [2.05, 4.69) is 0 Å². The zero-order valence-electron chi connectivity index (χ0n) is 8.39. The highest BCUT2D eigenvalue weighted by molar-refractivity contribution is 7.85. The van der Waals surface area contributed by atoms with E-state index < -0.39 is 10.1 Å². The van der Waals surface area contributed by atoms with Crippen molar-refractivity contribution < 1.29 is 13.0 Å². The second-order valence-corrected chi connectivity index (χ2v) is 5.07. The first-order valence-corrected chi connectivity index (χ1v) is 6.26. The van der Waals surface area contributed by atoms with Gasteiger partial charge in [-0.15, -0.1) is 0 Å². The zero-order chi connectivity index (χ0) is 11.5. The monoisotopic (exact) mass is 236 g/mol. The third-order valence-corrected chi connectivity index (χ3v) is 3.08. The minimum absolute atomic E-state index is 0.0458. The number of piperazine rings is 1. The smallest absolute Gasteiger partial charge is 0.266 e. The van der Waals surface area contributed by atoms with Gasteiger partial charge in [-0.1, -0.05) is 0 Å². The summed E-state index contributed by atoms with van der Waals surface area (Å²) in [5, 5.41) is 7.21. The second-order valence-electron chi connectivity index (χ2n) is 3.50. The molecule has 1 saturated heterocycles. The molecule has 88 valence electrons. The molecule has 7 nitrogen and oxygen atoms in total. The first-order chi connectivity index (χ1) is 6.88. The molecular weight excluding hydrogens is 220 g/mol. The molecule has 0 saturated carbocycles. The van der Waals surface area contributed by atoms with Crippen LogP contribution in [0.25, 0.3) is 0 Å². The van der Waals surface area contributed by atoms with E-state index in [9.17, 15) is 8.42 Å². The molecule has 1 aliphatic rings. The lowest BCUT2D eigenvalue weighted by atomic mass is 10.3. The highest BCUT2D eigenvalue weighted by Gasteiger charge is 2.18. The molecule has 1 aliphatic heterocycles. The Hall–Kier alpha value is -0.860. The van der Waals surface area contributed by atoms with Gasteiger partial charge in [0, 0.05) is 32.7 Å². The van der Waals surface area contributed by atoms with Crippen molar-refractivity contribution in [3.63, 3.8) is 0 Å². The Balaban J connectivity index is 2.29. The lowest BCUT2D eigenvalue weighted by Crippen LogP contribution is -2.51. The average Bonchev–Trinajstić information content (AvgIpc) is 2.14. The van der Waals surface area contributed by atoms with Crippen molar-refractivity contribution in [3.8, 4) is 0 Å². The summed E-state index contributed by atoms with van der Waals surface area (Å²) in [5.41, 5.74) is 5.31. The third-order valence-electron chi connectivity index (χ3n) is 2.38. The molecule has 0 spiro atoms. The van der Waals surface area contributed by atoms with Gasteiger partial charge in [0.25, 0.3) is 10.1 Å². The standard InChI is InChI=1S/C7H16N4O3S/c8-7(9)11-3-1-10(2-4-11)5-6-15(12,13)14/h1-6H2,(H3,8,9)(H,12,13,14). The van der Waals surface area contributed by atoms with Crippen LogP contribution in [0.4, 0.5) is 0 Å². The predicted molar refractivity (Wildman–Crippen MR) is 56.3 cm³/mol. The van der Waals surface area contributed by atoms with Crippen LogP contribution in [0.1, 0.15) is 0 Å². The fourth-order valence-electron chi connectivity index (χ4n) is 1.46. The third kappa shape index (κ3) is 4.45. The van der Waals surface area contributed by atoms with Gasteiger partial charge in [0.15, 0.2) is 5.96 Å². The van der Waals surface area contributed by atoms with Crippen LogP contribution in [0.15, 0.2) is 0 Å². The molecule has 0 aromatic heterocycles. The van der Waals surface area contributed by atoms with Crippen LogP contribution >= 0.6 is 0 Å². The van der Waals surface area contributed by atoms with Gasteiger partial charge in [-0.3, -0.25) is 14.9 Å². The first-order valence-electron chi connectivity index (χ1n) is 4.65. The molecule has 0 atom stereocenters. The lowest BCUT2D eigenvalue weighted by molar-refractivity contribution is 0.188. The Morgan fingerprint density at radius 1 is 1.33 bits per heavy atom. The molecular formula is C7H16N4O3S. The van der Waals surface area contributed by atoms with E-state index in [-0.39, 0.29) is 11.7 Å². The quantitative estimate of drug-likeness (QED) is 0.309. The summed E-state index contributed by atoms with van der Waals surface area (Å²) in [6.07, 6.45) is 0. The fourth-order valence-corrected chi connectivity index (χ4v) is 1.95. The maximum Gasteiger partial charge on any atom is 0.266 e. The molecule has 0 unspecified atom stereocenters. The Labute approximate surface area is 89.1 Å². The first kappa shape index (κ1) is 12.2. The number of nitrogens with one attached hydrogen (secondary N) is 1. The van der Waals surface area contributed by atoms with Gasteiger partial charge in [0.05, 0.1) is 5.75 Å². The van der Waals surface area contributed by atoms with Crippen molar-refractivity contribution >= 4 is 16.1 Å². The number of nitrogens with zero attached hydrogens (tertiary/aromatic N) is 2. The van der Waals surface area contributed by atoms with Crippen LogP contribution in [-0.4, -0.2) is 67.2 Å². The van der Waals surface area contributed by atoms with Gasteiger partial charge in [0.1, 0.15) is 0 Å². The van der Waals surface area contributed by atoms with E-state index in [4.69, 9.17) is 15.7 Å². The number of hydrogen-bond acceptors (Lipinski definition) is 4. The van der Waals surface area contributed by atoms with Gasteiger partial charge in [-0.2, -0.15) is 8.42 Å². The minimum atomic E-state index is -3.88. The van der Waals surface area contributed by atoms with Crippen LogP contribution in [0.3, 0.4) is 0 Å². The van der Waals surface area contributed by atoms with E-state index in [0.29, 0.717) is 32.7 Å². The molecule has 0 aromatic carbocycles. The van der Waals surface area contributed by atoms with E-state index in [1.807, 2.05) is 4.90 Å². The number of hydrogen-bond donors (Lipinski definition) is 3. The predicted octanol–water partition coefficient (Wildman–Crippen LogP) is -1.61. The molecule has 0 aromatic rings. The zero-order valence-corrected chi connectivity index (χ0v) is 9.20. The van der Waals surface area contributed by atoms with Gasteiger partial charge in [0.2, 0.25) is 0 Å². The molecule has 1 rings (SSSR count). The highest BCUT2D eigenvalue weighted by atomic mass is 32.2. The summed E-state index contributed by atoms with van der Waals surface area (Å²) in [6, 6.07) is 0. The van der Waals surface area contributed by atoms with Crippen LogP contribution in [0.5, 0.6) is 0 Å². The van der Waals surface area contributed by atoms with E-state index in [1.54, 1.807) is 4.90 Å². The van der Waals surface area contributed by atoms with Crippen LogP contribution in [0, 0.1) is 5.41 Å². The highest BCUT2D eigenvalue weighted by Crippen LogP contribution is 2.00. The number of nitrogens with two attached hydrogens (primary N) is 1. The van der Waals surface area contributed by atoms with Crippen LogP contribution in [0.2, 0.25) is 0 Å². The molecule has 4 N–H and O–H groups in total. The normalized spacial score (nSPS) is 19.1. The van der Waals surface area contributed by atoms with E-state index in [1.165, 1.54) is 0 Å². The molecule has 8 heteroatoms. The average molecular weight is 236 g/mol. The van der Waals surface area contributed by atoms with Crippen molar-refractivity contribution in [2.75, 3.05) is 38.5 Å². The summed E-state index contributed by atoms with van der Waals surface area (Å²) in [7, 11) is -3.88. The van der Waals surface area contributed by atoms with E-state index in [0.717, 1.165) is 0 Å². The molecule has 1 fully saturated rings. The molecule has 0 radical (unpaired) electrons. The van der Waals surface area contributed by atoms with Gasteiger partial charge in [-0.05, 0) is 0 Å². The van der Waals surface area contributed by atoms with Gasteiger partial charge < -0.3 is 10.6 Å². The van der Waals surface area contributed by atoms with Crippen molar-refractivity contribution in [1.82, 2.24) is 9.80 Å². The summed E-state index contributed by atoms with van der Waals surface area (Å²) in [5.74, 6) is -0.197. The Morgan fingerprint density at radius 3 is 2.27 bits per heavy atom. The second kappa shape index (κ2) is 4.77. The molecule has 1 heterocycles. The number of guanidine groups is 1. The van der Waals surface area contributed by atoms with Crippen molar-refractivity contribution in [1.29, 1.82) is 5.41 Å². The lowest BCUT2D eigenvalue weighted by Gasteiger charge is -2.34. The van der Waals surface area contributed by atoms with Crippen LogP contribution in [-0.2, 0) is 10.1 Å². The Bertz CT molecular complexity index is 321. The maximum absolute atomic E-state index is 10.5. The fraction of sp³-hybridized carbons (Fsp3) is 0.857. The summed E-state index contributed by atoms with van der Waals surface area (Å²) < 4.78 is 29.6. The van der Waals surface area contributed by atoms with Crippen molar-refractivity contribution in [3.05, 3.63) is 0 Å². The van der Waals surface area contributed by atoms with Crippen LogP contribution < -0.4 is 5.73 Å². The van der Waals surface area contributed by atoms with Gasteiger partial charge >= 0.3 is 0 Å². The largest absolute Gasteiger partial charge is 0.370 e.